The molecule has 1 aliphatic heterocycles. The monoisotopic (exact) mass is 666 g/mol. The van der Waals surface area contributed by atoms with Crippen LogP contribution in [0.1, 0.15) is 40.9 Å². The number of nitrogens with zero attached hydrogens (tertiary/aromatic N) is 4. The Kier molecular flexibility index (Phi) is 8.72. The SMILES string of the molecule is COc1cc2c(Oc3ccc(CC(=O)c4c(C)n(C)n(-c5ccccc5)c4=O)cc3F)ccnc2cc1OCCCN1CC(O)C2(CC2)C1. The average molecular weight is 667 g/mol. The summed E-state index contributed by atoms with van der Waals surface area (Å²) in [5, 5.41) is 10.9. The molecule has 7 rings (SSSR count). The molecule has 2 aromatic heterocycles. The Balaban J connectivity index is 1.03. The van der Waals surface area contributed by atoms with E-state index in [4.69, 9.17) is 14.2 Å². The predicted molar refractivity (Wildman–Crippen MR) is 183 cm³/mol. The maximum atomic E-state index is 15.4. The summed E-state index contributed by atoms with van der Waals surface area (Å²) >= 11 is 0. The van der Waals surface area contributed by atoms with Gasteiger partial charge in [-0.15, -0.1) is 0 Å². The molecule has 1 saturated carbocycles. The summed E-state index contributed by atoms with van der Waals surface area (Å²) in [6, 6.07) is 18.6. The zero-order valence-electron chi connectivity index (χ0n) is 27.8. The Bertz CT molecular complexity index is 2090. The van der Waals surface area contributed by atoms with Crippen molar-refractivity contribution in [3.8, 4) is 28.7 Å². The number of hydrogen-bond acceptors (Lipinski definition) is 8. The van der Waals surface area contributed by atoms with E-state index >= 15 is 4.39 Å². The number of benzene rings is 3. The van der Waals surface area contributed by atoms with E-state index in [1.54, 1.807) is 68.4 Å². The molecule has 2 fully saturated rings. The number of Topliss-reactive ketones (excluding diaryl/α,β-unsaturated/α-hetero) is 1. The van der Waals surface area contributed by atoms with E-state index in [9.17, 15) is 14.7 Å². The van der Waals surface area contributed by atoms with Crippen molar-refractivity contribution in [3.05, 3.63) is 106 Å². The molecule has 11 heteroatoms. The second-order valence-corrected chi connectivity index (χ2v) is 13.0. The molecule has 0 bridgehead atoms. The van der Waals surface area contributed by atoms with Crippen LogP contribution in [0.25, 0.3) is 16.6 Å². The number of halogens is 1. The van der Waals surface area contributed by atoms with Crippen LogP contribution >= 0.6 is 0 Å². The number of aliphatic hydroxyl groups is 1. The number of β-amino-alcohol motifs (C(OH)–C–C–N with tert-alkyl or cyclic N) is 1. The highest BCUT2D eigenvalue weighted by Crippen LogP contribution is 2.52. The maximum absolute atomic E-state index is 15.4. The fourth-order valence-corrected chi connectivity index (χ4v) is 6.85. The van der Waals surface area contributed by atoms with Gasteiger partial charge in [0.25, 0.3) is 5.56 Å². The van der Waals surface area contributed by atoms with Crippen molar-refractivity contribution in [3.63, 3.8) is 0 Å². The van der Waals surface area contributed by atoms with E-state index in [0.29, 0.717) is 51.7 Å². The van der Waals surface area contributed by atoms with Gasteiger partial charge in [0.15, 0.2) is 28.8 Å². The number of ether oxygens (including phenoxy) is 3. The van der Waals surface area contributed by atoms with Gasteiger partial charge >= 0.3 is 0 Å². The summed E-state index contributed by atoms with van der Waals surface area (Å²) in [6.45, 7) is 4.72. The van der Waals surface area contributed by atoms with Crippen LogP contribution in [0.15, 0.2) is 77.7 Å². The van der Waals surface area contributed by atoms with Crippen molar-refractivity contribution in [1.29, 1.82) is 0 Å². The Hall–Kier alpha value is -5.00. The van der Waals surface area contributed by atoms with Gasteiger partial charge in [-0.1, -0.05) is 24.3 Å². The Morgan fingerprint density at radius 3 is 2.55 bits per heavy atom. The third-order valence-electron chi connectivity index (χ3n) is 9.85. The first-order valence-corrected chi connectivity index (χ1v) is 16.5. The normalized spacial score (nSPS) is 16.7. The molecule has 5 aromatic rings. The van der Waals surface area contributed by atoms with E-state index in [-0.39, 0.29) is 29.3 Å². The van der Waals surface area contributed by atoms with E-state index < -0.39 is 17.2 Å². The van der Waals surface area contributed by atoms with Gasteiger partial charge in [-0.3, -0.25) is 24.2 Å². The van der Waals surface area contributed by atoms with Crippen LogP contribution in [0.3, 0.4) is 0 Å². The highest BCUT2D eigenvalue weighted by Gasteiger charge is 2.54. The zero-order valence-corrected chi connectivity index (χ0v) is 27.8. The van der Waals surface area contributed by atoms with Gasteiger partial charge in [0.2, 0.25) is 0 Å². The van der Waals surface area contributed by atoms with Gasteiger partial charge in [-0.05, 0) is 68.1 Å². The molecule has 1 unspecified atom stereocenters. The molecule has 3 aromatic carbocycles. The largest absolute Gasteiger partial charge is 0.493 e. The predicted octanol–water partition coefficient (Wildman–Crippen LogP) is 5.62. The first-order valence-electron chi connectivity index (χ1n) is 16.5. The second-order valence-electron chi connectivity index (χ2n) is 13.0. The summed E-state index contributed by atoms with van der Waals surface area (Å²) in [5.41, 5.74) is 1.98. The highest BCUT2D eigenvalue weighted by atomic mass is 19.1. The first-order chi connectivity index (χ1) is 23.7. The van der Waals surface area contributed by atoms with Gasteiger partial charge in [0.1, 0.15) is 11.3 Å². The first kappa shape index (κ1) is 32.5. The number of para-hydroxylation sites is 1. The lowest BCUT2D eigenvalue weighted by Crippen LogP contribution is -2.24. The molecule has 0 amide bonds. The zero-order chi connectivity index (χ0) is 34.3. The smallest absolute Gasteiger partial charge is 0.282 e. The molecule has 1 saturated heterocycles. The number of carbonyl (C=O) groups excluding carboxylic acids is 1. The van der Waals surface area contributed by atoms with Gasteiger partial charge in [0.05, 0.1) is 31.0 Å². The minimum atomic E-state index is -0.646. The fraction of sp³-hybridized carbons (Fsp3) is 0.342. The van der Waals surface area contributed by atoms with E-state index in [0.717, 1.165) is 38.9 Å². The number of pyridine rings is 1. The quantitative estimate of drug-likeness (QED) is 0.135. The molecule has 0 radical (unpaired) electrons. The van der Waals surface area contributed by atoms with Crippen molar-refractivity contribution in [2.45, 2.75) is 38.7 Å². The lowest BCUT2D eigenvalue weighted by molar-refractivity contribution is 0.0991. The lowest BCUT2D eigenvalue weighted by atomic mass is 10.0. The lowest BCUT2D eigenvalue weighted by Gasteiger charge is -2.17. The van der Waals surface area contributed by atoms with E-state index in [1.807, 2.05) is 18.2 Å². The van der Waals surface area contributed by atoms with Gasteiger partial charge in [-0.25, -0.2) is 9.07 Å². The minimum absolute atomic E-state index is 0.0228. The molecule has 1 N–H and O–H groups in total. The van der Waals surface area contributed by atoms with Gasteiger partial charge in [0, 0.05) is 61.9 Å². The Morgan fingerprint density at radius 2 is 1.84 bits per heavy atom. The van der Waals surface area contributed by atoms with Crippen LogP contribution < -0.4 is 19.8 Å². The number of likely N-dealkylation sites (tertiary alicyclic amines) is 1. The molecule has 3 heterocycles. The topological polar surface area (TPSA) is 108 Å². The molecule has 1 aliphatic carbocycles. The van der Waals surface area contributed by atoms with E-state index in [2.05, 4.69) is 9.88 Å². The number of aliphatic hydroxyl groups excluding tert-OH is 1. The second kappa shape index (κ2) is 13.1. The summed E-state index contributed by atoms with van der Waals surface area (Å²) in [6.07, 6.45) is 4.24. The van der Waals surface area contributed by atoms with Crippen molar-refractivity contribution >= 4 is 16.7 Å². The van der Waals surface area contributed by atoms with Crippen LogP contribution in [-0.2, 0) is 13.5 Å². The van der Waals surface area contributed by atoms with Crippen LogP contribution in [0.4, 0.5) is 4.39 Å². The molecular formula is C38H39FN4O6. The summed E-state index contributed by atoms with van der Waals surface area (Å²) < 4.78 is 36.2. The standard InChI is InChI=1S/C38H39FN4O6/c1-24-36(37(46)43(41(24)2)26-8-5-4-6-9-26)30(44)19-25-10-11-32(28(39)18-25)49-31-12-15-40-29-21-34(33(47-3)20-27(29)31)48-17-7-16-42-22-35(45)38(23-42)13-14-38/h4-6,8-12,15,18,20-21,35,45H,7,13-14,16-17,19,22-23H2,1-3H3. The van der Waals surface area contributed by atoms with E-state index in [1.165, 1.54) is 16.8 Å². The number of hydrogen-bond donors (Lipinski definition) is 1. The number of fused-ring (bicyclic) bond motifs is 1. The Morgan fingerprint density at radius 1 is 1.04 bits per heavy atom. The van der Waals surface area contributed by atoms with Crippen molar-refractivity contribution < 1.29 is 28.5 Å². The molecule has 49 heavy (non-hydrogen) atoms. The van der Waals surface area contributed by atoms with Crippen molar-refractivity contribution in [2.24, 2.45) is 12.5 Å². The molecule has 2 aliphatic rings. The van der Waals surface area contributed by atoms with Crippen LogP contribution in [-0.4, -0.2) is 69.6 Å². The van der Waals surface area contributed by atoms with Crippen LogP contribution in [0.5, 0.6) is 23.0 Å². The number of carbonyl (C=O) groups is 1. The number of aromatic nitrogens is 3. The molecular weight excluding hydrogens is 627 g/mol. The molecule has 10 nitrogen and oxygen atoms in total. The highest BCUT2D eigenvalue weighted by molar-refractivity contribution is 5.98. The molecule has 254 valence electrons. The fourth-order valence-electron chi connectivity index (χ4n) is 6.85. The average Bonchev–Trinajstić information content (AvgIpc) is 3.76. The van der Waals surface area contributed by atoms with Gasteiger partial charge in [-0.2, -0.15) is 0 Å². The molecule has 1 spiro atoms. The number of rotatable bonds is 12. The van der Waals surface area contributed by atoms with Crippen LogP contribution in [0, 0.1) is 18.2 Å². The summed E-state index contributed by atoms with van der Waals surface area (Å²) in [4.78, 5) is 33.4. The summed E-state index contributed by atoms with van der Waals surface area (Å²) in [5.74, 6) is 0.352. The van der Waals surface area contributed by atoms with Gasteiger partial charge < -0.3 is 19.3 Å². The van der Waals surface area contributed by atoms with Crippen LogP contribution in [0.2, 0.25) is 0 Å². The molecule has 1 atom stereocenters. The summed E-state index contributed by atoms with van der Waals surface area (Å²) in [7, 11) is 3.28. The van der Waals surface area contributed by atoms with Crippen molar-refractivity contribution in [2.75, 3.05) is 33.4 Å². The third-order valence-corrected chi connectivity index (χ3v) is 9.85. The van der Waals surface area contributed by atoms with Crippen molar-refractivity contribution in [1.82, 2.24) is 19.2 Å². The minimum Gasteiger partial charge on any atom is -0.493 e. The third kappa shape index (κ3) is 6.31. The number of methoxy groups -OCH3 is 1. The maximum Gasteiger partial charge on any atom is 0.282 e. The number of ketones is 1. The Labute approximate surface area is 283 Å².